The highest BCUT2D eigenvalue weighted by molar-refractivity contribution is 5.93. The molecule has 0 radical (unpaired) electrons. The van der Waals surface area contributed by atoms with Gasteiger partial charge in [-0.3, -0.25) is 4.68 Å². The van der Waals surface area contributed by atoms with E-state index in [4.69, 9.17) is 5.11 Å². The Morgan fingerprint density at radius 3 is 2.90 bits per heavy atom. The molecule has 0 unspecified atom stereocenters. The van der Waals surface area contributed by atoms with Gasteiger partial charge in [0.25, 0.3) is 0 Å². The van der Waals surface area contributed by atoms with E-state index in [9.17, 15) is 4.79 Å². The van der Waals surface area contributed by atoms with Gasteiger partial charge in [0, 0.05) is 30.0 Å². The van der Waals surface area contributed by atoms with Gasteiger partial charge >= 0.3 is 5.97 Å². The first-order chi connectivity index (χ1) is 9.67. The van der Waals surface area contributed by atoms with Crippen LogP contribution in [0.5, 0.6) is 0 Å². The van der Waals surface area contributed by atoms with Gasteiger partial charge in [-0.05, 0) is 30.5 Å². The largest absolute Gasteiger partial charge is 0.478 e. The molecule has 0 amide bonds. The second kappa shape index (κ2) is 4.85. The molecule has 0 bridgehead atoms. The Hall–Kier alpha value is -2.56. The Morgan fingerprint density at radius 1 is 1.35 bits per heavy atom. The lowest BCUT2D eigenvalue weighted by atomic mass is 10.1. The van der Waals surface area contributed by atoms with Crippen molar-refractivity contribution in [1.82, 2.24) is 14.3 Å². The molecule has 0 aliphatic carbocycles. The molecule has 0 aliphatic rings. The Balaban J connectivity index is 1.98. The second-order valence-electron chi connectivity index (χ2n) is 4.73. The van der Waals surface area contributed by atoms with Crippen molar-refractivity contribution in [2.75, 3.05) is 0 Å². The van der Waals surface area contributed by atoms with Gasteiger partial charge in [-0.15, -0.1) is 0 Å². The van der Waals surface area contributed by atoms with Gasteiger partial charge in [0.1, 0.15) is 0 Å². The lowest BCUT2D eigenvalue weighted by Gasteiger charge is -2.04. The molecule has 5 heteroatoms. The van der Waals surface area contributed by atoms with Crippen molar-refractivity contribution >= 4 is 16.9 Å². The lowest BCUT2D eigenvalue weighted by molar-refractivity contribution is 0.0697. The number of hydrogen-bond donors (Lipinski definition) is 1. The van der Waals surface area contributed by atoms with E-state index in [1.165, 1.54) is 0 Å². The van der Waals surface area contributed by atoms with Gasteiger partial charge < -0.3 is 9.67 Å². The number of hydrogen-bond acceptors (Lipinski definition) is 2. The predicted molar refractivity (Wildman–Crippen MR) is 75.9 cm³/mol. The van der Waals surface area contributed by atoms with Crippen molar-refractivity contribution in [3.8, 4) is 0 Å². The summed E-state index contributed by atoms with van der Waals surface area (Å²) in [4.78, 5) is 11.1. The standard InChI is InChI=1S/C15H15N3O2/c1-2-18-10-11(8-16-18)9-17-6-5-12-3-4-13(15(19)20)7-14(12)17/h3-8,10H,2,9H2,1H3,(H,19,20). The number of carboxylic acids is 1. The molecule has 0 atom stereocenters. The molecule has 0 saturated heterocycles. The molecule has 0 spiro atoms. The number of aryl methyl sites for hydroxylation is 1. The Labute approximate surface area is 116 Å². The summed E-state index contributed by atoms with van der Waals surface area (Å²) >= 11 is 0. The Morgan fingerprint density at radius 2 is 2.20 bits per heavy atom. The highest BCUT2D eigenvalue weighted by atomic mass is 16.4. The zero-order valence-corrected chi connectivity index (χ0v) is 11.2. The smallest absolute Gasteiger partial charge is 0.335 e. The third-order valence-electron chi connectivity index (χ3n) is 3.38. The summed E-state index contributed by atoms with van der Waals surface area (Å²) in [5.74, 6) is -0.904. The summed E-state index contributed by atoms with van der Waals surface area (Å²) in [6.45, 7) is 3.57. The molecular weight excluding hydrogens is 254 g/mol. The van der Waals surface area contributed by atoms with Gasteiger partial charge in [0.05, 0.1) is 18.3 Å². The Bertz CT molecular complexity index is 770. The zero-order chi connectivity index (χ0) is 14.1. The van der Waals surface area contributed by atoms with E-state index >= 15 is 0 Å². The zero-order valence-electron chi connectivity index (χ0n) is 11.2. The summed E-state index contributed by atoms with van der Waals surface area (Å²) in [6, 6.07) is 7.17. The maximum atomic E-state index is 11.1. The van der Waals surface area contributed by atoms with E-state index < -0.39 is 5.97 Å². The number of aromatic carboxylic acids is 1. The molecule has 2 aromatic heterocycles. The van der Waals surface area contributed by atoms with Crippen LogP contribution in [0.1, 0.15) is 22.8 Å². The van der Waals surface area contributed by atoms with Crippen LogP contribution in [0.15, 0.2) is 42.9 Å². The molecule has 5 nitrogen and oxygen atoms in total. The summed E-state index contributed by atoms with van der Waals surface area (Å²) < 4.78 is 3.92. The number of nitrogens with zero attached hydrogens (tertiary/aromatic N) is 3. The van der Waals surface area contributed by atoms with E-state index in [0.717, 1.165) is 23.0 Å². The highest BCUT2D eigenvalue weighted by Crippen LogP contribution is 2.19. The van der Waals surface area contributed by atoms with Crippen LogP contribution in [0, 0.1) is 0 Å². The van der Waals surface area contributed by atoms with E-state index in [-0.39, 0.29) is 0 Å². The van der Waals surface area contributed by atoms with Crippen molar-refractivity contribution in [1.29, 1.82) is 0 Å². The maximum Gasteiger partial charge on any atom is 0.335 e. The fourth-order valence-corrected chi connectivity index (χ4v) is 2.31. The minimum Gasteiger partial charge on any atom is -0.478 e. The van der Waals surface area contributed by atoms with E-state index in [1.54, 1.807) is 12.1 Å². The van der Waals surface area contributed by atoms with Crippen LogP contribution in [-0.2, 0) is 13.1 Å². The molecule has 3 rings (SSSR count). The van der Waals surface area contributed by atoms with Crippen LogP contribution in [0.2, 0.25) is 0 Å². The number of carbonyl (C=O) groups is 1. The maximum absolute atomic E-state index is 11.1. The summed E-state index contributed by atoms with van der Waals surface area (Å²) in [5, 5.41) is 14.4. The molecule has 0 aliphatic heterocycles. The third-order valence-corrected chi connectivity index (χ3v) is 3.38. The van der Waals surface area contributed by atoms with Crippen LogP contribution in [0.3, 0.4) is 0 Å². The summed E-state index contributed by atoms with van der Waals surface area (Å²) in [6.07, 6.45) is 5.82. The number of benzene rings is 1. The van der Waals surface area contributed by atoms with Gasteiger partial charge in [-0.25, -0.2) is 4.79 Å². The van der Waals surface area contributed by atoms with Crippen LogP contribution in [0.25, 0.3) is 10.9 Å². The molecule has 20 heavy (non-hydrogen) atoms. The second-order valence-corrected chi connectivity index (χ2v) is 4.73. The fraction of sp³-hybridized carbons (Fsp3) is 0.200. The first kappa shape index (κ1) is 12.5. The van der Waals surface area contributed by atoms with Crippen molar-refractivity contribution in [2.45, 2.75) is 20.0 Å². The average molecular weight is 269 g/mol. The summed E-state index contributed by atoms with van der Waals surface area (Å²) in [5.41, 5.74) is 2.33. The molecule has 102 valence electrons. The van der Waals surface area contributed by atoms with Crippen molar-refractivity contribution in [2.24, 2.45) is 0 Å². The monoisotopic (exact) mass is 269 g/mol. The van der Waals surface area contributed by atoms with E-state index in [0.29, 0.717) is 12.1 Å². The minimum absolute atomic E-state index is 0.307. The van der Waals surface area contributed by atoms with Gasteiger partial charge in [-0.1, -0.05) is 6.07 Å². The quantitative estimate of drug-likeness (QED) is 0.792. The van der Waals surface area contributed by atoms with Crippen molar-refractivity contribution in [3.63, 3.8) is 0 Å². The molecule has 0 fully saturated rings. The Kier molecular flexibility index (Phi) is 3.02. The van der Waals surface area contributed by atoms with Crippen LogP contribution >= 0.6 is 0 Å². The molecular formula is C15H15N3O2. The van der Waals surface area contributed by atoms with E-state index in [2.05, 4.69) is 5.10 Å². The first-order valence-electron chi connectivity index (χ1n) is 6.51. The van der Waals surface area contributed by atoms with Crippen LogP contribution < -0.4 is 0 Å². The average Bonchev–Trinajstić information content (AvgIpc) is 3.06. The summed E-state index contributed by atoms with van der Waals surface area (Å²) in [7, 11) is 0. The van der Waals surface area contributed by atoms with Gasteiger partial charge in [0.15, 0.2) is 0 Å². The topological polar surface area (TPSA) is 60.0 Å². The number of fused-ring (bicyclic) bond motifs is 1. The number of rotatable bonds is 4. The van der Waals surface area contributed by atoms with Crippen molar-refractivity contribution < 1.29 is 9.90 Å². The van der Waals surface area contributed by atoms with E-state index in [1.807, 2.05) is 46.9 Å². The van der Waals surface area contributed by atoms with Gasteiger partial charge in [-0.2, -0.15) is 5.10 Å². The molecule has 3 aromatic rings. The lowest BCUT2D eigenvalue weighted by Crippen LogP contribution is -2.00. The fourth-order valence-electron chi connectivity index (χ4n) is 2.31. The molecule has 0 saturated carbocycles. The van der Waals surface area contributed by atoms with Gasteiger partial charge in [0.2, 0.25) is 0 Å². The number of aromatic nitrogens is 3. The molecule has 1 aromatic carbocycles. The van der Waals surface area contributed by atoms with Crippen LogP contribution in [0.4, 0.5) is 0 Å². The predicted octanol–water partition coefficient (Wildman–Crippen LogP) is 2.60. The highest BCUT2D eigenvalue weighted by Gasteiger charge is 2.08. The molecule has 1 N–H and O–H groups in total. The number of carboxylic acid groups (broad SMARTS) is 1. The van der Waals surface area contributed by atoms with Crippen molar-refractivity contribution in [3.05, 3.63) is 54.0 Å². The SMILES string of the molecule is CCn1cc(Cn2ccc3ccc(C(=O)O)cc32)cn1. The van der Waals surface area contributed by atoms with Crippen LogP contribution in [-0.4, -0.2) is 25.4 Å². The molecule has 2 heterocycles. The normalized spacial score (nSPS) is 11.1. The third kappa shape index (κ3) is 2.18. The minimum atomic E-state index is -0.904. The first-order valence-corrected chi connectivity index (χ1v) is 6.51.